The molecule has 0 spiro atoms. The van der Waals surface area contributed by atoms with E-state index < -0.39 is 0 Å². The second kappa shape index (κ2) is 7.59. The van der Waals surface area contributed by atoms with Crippen LogP contribution in [0.4, 0.5) is 10.1 Å². The van der Waals surface area contributed by atoms with Crippen LogP contribution in [0.15, 0.2) is 36.5 Å². The molecule has 28 heavy (non-hydrogen) atoms. The monoisotopic (exact) mass is 382 g/mol. The van der Waals surface area contributed by atoms with Crippen LogP contribution in [-0.2, 0) is 0 Å². The Morgan fingerprint density at radius 2 is 2.07 bits per heavy atom. The van der Waals surface area contributed by atoms with Gasteiger partial charge in [-0.1, -0.05) is 6.07 Å². The Bertz CT molecular complexity index is 953. The zero-order valence-electron chi connectivity index (χ0n) is 16.0. The highest BCUT2D eigenvalue weighted by Crippen LogP contribution is 2.23. The van der Waals surface area contributed by atoms with Gasteiger partial charge in [-0.2, -0.15) is 0 Å². The third kappa shape index (κ3) is 3.84. The largest absolute Gasteiger partial charge is 0.474 e. The van der Waals surface area contributed by atoms with E-state index >= 15 is 0 Å². The molecule has 146 valence electrons. The molecule has 0 radical (unpaired) electrons. The number of amides is 1. The normalized spacial score (nSPS) is 15.7. The first kappa shape index (κ1) is 18.4. The van der Waals surface area contributed by atoms with Crippen molar-refractivity contribution >= 4 is 22.5 Å². The first-order valence-corrected chi connectivity index (χ1v) is 9.40. The maximum absolute atomic E-state index is 13.9. The Labute approximate surface area is 162 Å². The number of hydrogen-bond acceptors (Lipinski definition) is 4. The minimum absolute atomic E-state index is 0.175. The zero-order valence-corrected chi connectivity index (χ0v) is 16.0. The summed E-state index contributed by atoms with van der Waals surface area (Å²) in [5, 5.41) is 3.48. The number of H-pyrrole nitrogens is 1. The molecule has 0 unspecified atom stereocenters. The smallest absolute Gasteiger partial charge is 0.272 e. The molecule has 1 aliphatic rings. The Morgan fingerprint density at radius 3 is 2.75 bits per heavy atom. The molecule has 0 bridgehead atoms. The number of rotatable bonds is 4. The van der Waals surface area contributed by atoms with Gasteiger partial charge in [0, 0.05) is 24.5 Å². The Morgan fingerprint density at radius 1 is 1.29 bits per heavy atom. The van der Waals surface area contributed by atoms with Crippen molar-refractivity contribution in [2.75, 3.05) is 25.5 Å². The average molecular weight is 382 g/mol. The topological polar surface area (TPSA) is 70.2 Å². The lowest BCUT2D eigenvalue weighted by molar-refractivity contribution is 0.102. The number of nitrogens with one attached hydrogen (secondary N) is 2. The third-order valence-electron chi connectivity index (χ3n) is 5.15. The number of anilines is 1. The molecule has 7 heteroatoms. The van der Waals surface area contributed by atoms with Crippen LogP contribution in [0.1, 0.15) is 28.9 Å². The predicted molar refractivity (Wildman–Crippen MR) is 106 cm³/mol. The predicted octanol–water partition coefficient (Wildman–Crippen LogP) is 3.74. The Hall–Kier alpha value is -2.93. The van der Waals surface area contributed by atoms with Crippen LogP contribution in [0.2, 0.25) is 0 Å². The van der Waals surface area contributed by atoms with E-state index in [0.717, 1.165) is 31.5 Å². The van der Waals surface area contributed by atoms with E-state index in [4.69, 9.17) is 4.74 Å². The quantitative estimate of drug-likeness (QED) is 0.721. The fourth-order valence-electron chi connectivity index (χ4n) is 3.44. The van der Waals surface area contributed by atoms with Crippen LogP contribution in [0.3, 0.4) is 0 Å². The van der Waals surface area contributed by atoms with E-state index in [-0.39, 0.29) is 17.8 Å². The Balaban J connectivity index is 1.42. The van der Waals surface area contributed by atoms with Crippen LogP contribution in [-0.4, -0.2) is 47.0 Å². The highest BCUT2D eigenvalue weighted by molar-refractivity contribution is 6.06. The summed E-state index contributed by atoms with van der Waals surface area (Å²) in [6, 6.07) is 8.25. The standard InChI is InChI=1S/C21H23FN4O2/c1-13-3-5-17(22)20-16(13)11-18(25-20)21(27)24-14-4-6-19(23-12-14)28-15-7-9-26(2)10-8-15/h3-6,11-12,15,25H,7-10H2,1-2H3,(H,24,27). The first-order valence-electron chi connectivity index (χ1n) is 9.40. The molecule has 0 aliphatic carbocycles. The van der Waals surface area contributed by atoms with E-state index in [2.05, 4.69) is 27.2 Å². The summed E-state index contributed by atoms with van der Waals surface area (Å²) >= 11 is 0. The number of piperidine rings is 1. The van der Waals surface area contributed by atoms with Gasteiger partial charge >= 0.3 is 0 Å². The van der Waals surface area contributed by atoms with Gasteiger partial charge in [0.1, 0.15) is 17.6 Å². The molecule has 1 saturated heterocycles. The lowest BCUT2D eigenvalue weighted by Crippen LogP contribution is -2.35. The number of aryl methyl sites for hydroxylation is 1. The van der Waals surface area contributed by atoms with E-state index in [0.29, 0.717) is 28.2 Å². The Kier molecular flexibility index (Phi) is 5.00. The lowest BCUT2D eigenvalue weighted by atomic mass is 10.1. The van der Waals surface area contributed by atoms with Crippen molar-refractivity contribution in [3.05, 3.63) is 53.6 Å². The van der Waals surface area contributed by atoms with E-state index in [9.17, 15) is 9.18 Å². The second-order valence-corrected chi connectivity index (χ2v) is 7.30. The molecule has 3 aromatic rings. The molecule has 1 aromatic carbocycles. The number of halogens is 1. The van der Waals surface area contributed by atoms with Crippen LogP contribution in [0.5, 0.6) is 5.88 Å². The van der Waals surface area contributed by atoms with Gasteiger partial charge in [-0.25, -0.2) is 9.37 Å². The second-order valence-electron chi connectivity index (χ2n) is 7.30. The molecule has 0 atom stereocenters. The maximum Gasteiger partial charge on any atom is 0.272 e. The third-order valence-corrected chi connectivity index (χ3v) is 5.15. The molecule has 1 amide bonds. The van der Waals surface area contributed by atoms with Gasteiger partial charge in [0.25, 0.3) is 5.91 Å². The molecule has 1 fully saturated rings. The van der Waals surface area contributed by atoms with Crippen molar-refractivity contribution in [3.63, 3.8) is 0 Å². The summed E-state index contributed by atoms with van der Waals surface area (Å²) in [6.45, 7) is 3.91. The highest BCUT2D eigenvalue weighted by atomic mass is 19.1. The molecule has 0 saturated carbocycles. The van der Waals surface area contributed by atoms with Crippen LogP contribution < -0.4 is 10.1 Å². The fraction of sp³-hybridized carbons (Fsp3) is 0.333. The number of hydrogen-bond donors (Lipinski definition) is 2. The van der Waals surface area contributed by atoms with Gasteiger partial charge in [0.05, 0.1) is 17.4 Å². The van der Waals surface area contributed by atoms with Crippen molar-refractivity contribution in [2.45, 2.75) is 25.9 Å². The van der Waals surface area contributed by atoms with Crippen molar-refractivity contribution < 1.29 is 13.9 Å². The molecule has 4 rings (SSSR count). The van der Waals surface area contributed by atoms with Crippen LogP contribution in [0, 0.1) is 12.7 Å². The number of carbonyl (C=O) groups excluding carboxylic acids is 1. The zero-order chi connectivity index (χ0) is 19.7. The van der Waals surface area contributed by atoms with Gasteiger partial charge in [0.15, 0.2) is 0 Å². The minimum Gasteiger partial charge on any atom is -0.474 e. The number of ether oxygens (including phenoxy) is 1. The number of fused-ring (bicyclic) bond motifs is 1. The number of pyridine rings is 1. The first-order chi connectivity index (χ1) is 13.5. The average Bonchev–Trinajstić information content (AvgIpc) is 3.15. The van der Waals surface area contributed by atoms with E-state index in [1.807, 2.05) is 6.92 Å². The summed E-state index contributed by atoms with van der Waals surface area (Å²) in [5.41, 5.74) is 2.10. The molecule has 3 heterocycles. The maximum atomic E-state index is 13.9. The minimum atomic E-state index is -0.378. The highest BCUT2D eigenvalue weighted by Gasteiger charge is 2.18. The summed E-state index contributed by atoms with van der Waals surface area (Å²) in [4.78, 5) is 21.9. The van der Waals surface area contributed by atoms with Gasteiger partial charge in [-0.15, -0.1) is 0 Å². The molecular formula is C21H23FN4O2. The fourth-order valence-corrected chi connectivity index (χ4v) is 3.44. The van der Waals surface area contributed by atoms with E-state index in [1.165, 1.54) is 6.07 Å². The van der Waals surface area contributed by atoms with Crippen molar-refractivity contribution in [1.29, 1.82) is 0 Å². The lowest BCUT2D eigenvalue weighted by Gasteiger charge is -2.28. The van der Waals surface area contributed by atoms with Gasteiger partial charge in [-0.05, 0) is 50.6 Å². The summed E-state index contributed by atoms with van der Waals surface area (Å²) < 4.78 is 19.9. The van der Waals surface area contributed by atoms with Crippen molar-refractivity contribution in [1.82, 2.24) is 14.9 Å². The summed E-state index contributed by atoms with van der Waals surface area (Å²) in [7, 11) is 2.11. The molecule has 6 nitrogen and oxygen atoms in total. The van der Waals surface area contributed by atoms with Gasteiger partial charge in [-0.3, -0.25) is 4.79 Å². The van der Waals surface area contributed by atoms with E-state index in [1.54, 1.807) is 30.5 Å². The molecule has 1 aliphatic heterocycles. The molecular weight excluding hydrogens is 359 g/mol. The van der Waals surface area contributed by atoms with Crippen LogP contribution in [0.25, 0.3) is 10.9 Å². The molecule has 2 aromatic heterocycles. The number of aromatic nitrogens is 2. The van der Waals surface area contributed by atoms with Gasteiger partial charge < -0.3 is 19.9 Å². The number of aromatic amines is 1. The summed E-state index contributed by atoms with van der Waals surface area (Å²) in [6.07, 6.45) is 3.70. The number of likely N-dealkylation sites (tertiary alicyclic amines) is 1. The van der Waals surface area contributed by atoms with Crippen molar-refractivity contribution in [2.24, 2.45) is 0 Å². The van der Waals surface area contributed by atoms with Crippen LogP contribution >= 0.6 is 0 Å². The van der Waals surface area contributed by atoms with Gasteiger partial charge in [0.2, 0.25) is 5.88 Å². The van der Waals surface area contributed by atoms with Crippen molar-refractivity contribution in [3.8, 4) is 5.88 Å². The number of carbonyl (C=O) groups is 1. The number of benzene rings is 1. The SMILES string of the molecule is Cc1ccc(F)c2[nH]c(C(=O)Nc3ccc(OC4CCN(C)CC4)nc3)cc12. The number of nitrogens with zero attached hydrogens (tertiary/aromatic N) is 2. The summed E-state index contributed by atoms with van der Waals surface area (Å²) in [5.74, 6) is -0.173. The molecule has 2 N–H and O–H groups in total.